The molecule has 7 heteroatoms. The van der Waals surface area contributed by atoms with Gasteiger partial charge in [0.2, 0.25) is 5.88 Å². The molecule has 0 aliphatic rings. The first-order chi connectivity index (χ1) is 12.1. The van der Waals surface area contributed by atoms with E-state index in [1.807, 2.05) is 60.7 Å². The first-order valence-electron chi connectivity index (χ1n) is 7.48. The number of benzene rings is 2. The molecule has 0 saturated carbocycles. The molecule has 0 atom stereocenters. The molecule has 0 spiro atoms. The maximum Gasteiger partial charge on any atom is 0.320 e. The molecule has 0 radical (unpaired) electrons. The molecule has 3 rings (SSSR count). The van der Waals surface area contributed by atoms with Gasteiger partial charge in [0.05, 0.1) is 14.2 Å². The monoisotopic (exact) mass is 418 g/mol. The van der Waals surface area contributed by atoms with Gasteiger partial charge >= 0.3 is 6.01 Å². The Morgan fingerprint density at radius 3 is 1.80 bits per heavy atom. The number of aromatic nitrogens is 2. The molecule has 0 unspecified atom stereocenters. The van der Waals surface area contributed by atoms with Crippen molar-refractivity contribution in [1.82, 2.24) is 9.97 Å². The average Bonchev–Trinajstić information content (AvgIpc) is 2.68. The van der Waals surface area contributed by atoms with E-state index in [0.717, 1.165) is 0 Å². The zero-order valence-electron chi connectivity index (χ0n) is 13.7. The van der Waals surface area contributed by atoms with Gasteiger partial charge < -0.3 is 14.0 Å². The van der Waals surface area contributed by atoms with Gasteiger partial charge in [-0.15, -0.1) is 0 Å². The van der Waals surface area contributed by atoms with Gasteiger partial charge in [-0.3, -0.25) is 0 Å². The van der Waals surface area contributed by atoms with Crippen molar-refractivity contribution in [3.05, 3.63) is 65.3 Å². The van der Waals surface area contributed by atoms with Gasteiger partial charge in [0, 0.05) is 10.6 Å². The summed E-state index contributed by atoms with van der Waals surface area (Å²) >= 11 is 3.43. The molecule has 1 heterocycles. The Bertz CT molecular complexity index is 877. The second-order valence-corrected chi connectivity index (χ2v) is 8.59. The second kappa shape index (κ2) is 7.38. The van der Waals surface area contributed by atoms with Crippen molar-refractivity contribution < 1.29 is 14.0 Å². The van der Waals surface area contributed by atoms with Crippen LogP contribution in [-0.2, 0) is 4.57 Å². The molecule has 1 aromatic heterocycles. The van der Waals surface area contributed by atoms with Crippen molar-refractivity contribution in [2.45, 2.75) is 0 Å². The van der Waals surface area contributed by atoms with Crippen molar-refractivity contribution in [2.24, 2.45) is 0 Å². The Kier molecular flexibility index (Phi) is 5.21. The third kappa shape index (κ3) is 3.20. The molecule has 25 heavy (non-hydrogen) atoms. The fourth-order valence-corrected chi connectivity index (χ4v) is 6.36. The van der Waals surface area contributed by atoms with Crippen molar-refractivity contribution in [3.8, 4) is 11.9 Å². The Labute approximate surface area is 154 Å². The van der Waals surface area contributed by atoms with Gasteiger partial charge in [0.25, 0.3) is 0 Å². The van der Waals surface area contributed by atoms with Crippen LogP contribution in [-0.4, -0.2) is 24.2 Å². The van der Waals surface area contributed by atoms with Gasteiger partial charge in [0.1, 0.15) is 9.91 Å². The lowest BCUT2D eigenvalue weighted by atomic mass is 10.4. The minimum atomic E-state index is -3.25. The fraction of sp³-hybridized carbons (Fsp3) is 0.111. The van der Waals surface area contributed by atoms with Gasteiger partial charge in [-0.25, -0.2) is 0 Å². The van der Waals surface area contributed by atoms with Crippen LogP contribution in [0.3, 0.4) is 0 Å². The molecule has 3 aromatic rings. The zero-order valence-corrected chi connectivity index (χ0v) is 16.2. The SMILES string of the molecule is COc1nc(Br)c(P(=O)(c2ccccc2)c2ccccc2)c(OC)n1. The third-order valence-electron chi connectivity index (χ3n) is 3.72. The van der Waals surface area contributed by atoms with E-state index in [1.165, 1.54) is 14.2 Å². The van der Waals surface area contributed by atoms with Crippen LogP contribution in [0.25, 0.3) is 0 Å². The predicted molar refractivity (Wildman–Crippen MR) is 102 cm³/mol. The number of rotatable bonds is 5. The van der Waals surface area contributed by atoms with Crippen molar-refractivity contribution in [1.29, 1.82) is 0 Å². The maximum absolute atomic E-state index is 14.4. The summed E-state index contributed by atoms with van der Waals surface area (Å²) in [6.45, 7) is 0. The van der Waals surface area contributed by atoms with E-state index in [1.54, 1.807) is 0 Å². The highest BCUT2D eigenvalue weighted by Crippen LogP contribution is 2.46. The first-order valence-corrected chi connectivity index (χ1v) is 9.98. The summed E-state index contributed by atoms with van der Waals surface area (Å²) in [4.78, 5) is 8.48. The summed E-state index contributed by atoms with van der Waals surface area (Å²) in [7, 11) is -0.300. The average molecular weight is 419 g/mol. The number of hydrogen-bond acceptors (Lipinski definition) is 5. The summed E-state index contributed by atoms with van der Waals surface area (Å²) in [5.74, 6) is 0.217. The van der Waals surface area contributed by atoms with E-state index in [4.69, 9.17) is 9.47 Å². The lowest BCUT2D eigenvalue weighted by Gasteiger charge is -2.22. The molecule has 0 saturated heterocycles. The van der Waals surface area contributed by atoms with Crippen LogP contribution in [0.15, 0.2) is 65.3 Å². The summed E-state index contributed by atoms with van der Waals surface area (Å²) in [6.07, 6.45) is 0. The largest absolute Gasteiger partial charge is 0.480 e. The quantitative estimate of drug-likeness (QED) is 0.470. The van der Waals surface area contributed by atoms with Crippen molar-refractivity contribution in [3.63, 3.8) is 0 Å². The lowest BCUT2D eigenvalue weighted by Crippen LogP contribution is -2.28. The van der Waals surface area contributed by atoms with Gasteiger partial charge in [0.15, 0.2) is 7.14 Å². The first kappa shape index (κ1) is 17.6. The molecule has 0 aliphatic carbocycles. The molecule has 5 nitrogen and oxygen atoms in total. The Hall–Kier alpha value is -2.17. The van der Waals surface area contributed by atoms with Crippen LogP contribution in [0.1, 0.15) is 0 Å². The zero-order chi connectivity index (χ0) is 17.9. The highest BCUT2D eigenvalue weighted by molar-refractivity contribution is 9.10. The van der Waals surface area contributed by atoms with Crippen LogP contribution >= 0.6 is 23.1 Å². The lowest BCUT2D eigenvalue weighted by molar-refractivity contribution is 0.353. The normalized spacial score (nSPS) is 11.2. The van der Waals surface area contributed by atoms with Crippen LogP contribution in [0, 0.1) is 0 Å². The summed E-state index contributed by atoms with van der Waals surface area (Å²) in [5, 5.41) is 1.76. The van der Waals surface area contributed by atoms with Gasteiger partial charge in [-0.1, -0.05) is 60.7 Å². The van der Waals surface area contributed by atoms with Crippen molar-refractivity contribution in [2.75, 3.05) is 14.2 Å². The summed E-state index contributed by atoms with van der Waals surface area (Å²) < 4.78 is 25.3. The molecule has 128 valence electrons. The minimum absolute atomic E-state index is 0.139. The molecule has 0 fully saturated rings. The summed E-state index contributed by atoms with van der Waals surface area (Å²) in [6, 6.07) is 18.7. The van der Waals surface area contributed by atoms with E-state index in [9.17, 15) is 4.57 Å². The second-order valence-electron chi connectivity index (χ2n) is 5.14. The molecular weight excluding hydrogens is 403 g/mol. The molecule has 0 aliphatic heterocycles. The molecule has 0 N–H and O–H groups in total. The van der Waals surface area contributed by atoms with E-state index >= 15 is 0 Å². The van der Waals surface area contributed by atoms with Crippen LogP contribution < -0.4 is 25.4 Å². The number of ether oxygens (including phenoxy) is 2. The standard InChI is InChI=1S/C18H16BrN2O3P/c1-23-17-15(16(19)20-18(21-17)24-2)25(22,13-9-5-3-6-10-13)14-11-7-4-8-12-14/h3-12H,1-2H3. The maximum atomic E-state index is 14.4. The van der Waals surface area contributed by atoms with Crippen LogP contribution in [0.2, 0.25) is 0 Å². The molecular formula is C18H16BrN2O3P. The number of nitrogens with zero attached hydrogens (tertiary/aromatic N) is 2. The summed E-state index contributed by atoms with van der Waals surface area (Å²) in [5.41, 5.74) is 0. The Morgan fingerprint density at radius 2 is 1.36 bits per heavy atom. The van der Waals surface area contributed by atoms with E-state index in [0.29, 0.717) is 20.5 Å². The highest BCUT2D eigenvalue weighted by atomic mass is 79.9. The molecule has 0 amide bonds. The smallest absolute Gasteiger partial charge is 0.320 e. The Balaban J connectivity index is 2.37. The number of methoxy groups -OCH3 is 2. The Morgan fingerprint density at radius 1 is 0.840 bits per heavy atom. The van der Waals surface area contributed by atoms with Crippen molar-refractivity contribution >= 4 is 39.0 Å². The third-order valence-corrected chi connectivity index (χ3v) is 7.68. The van der Waals surface area contributed by atoms with Gasteiger partial charge in [-0.2, -0.15) is 9.97 Å². The van der Waals surface area contributed by atoms with Crippen LogP contribution in [0.4, 0.5) is 0 Å². The van der Waals surface area contributed by atoms with E-state index < -0.39 is 7.14 Å². The van der Waals surface area contributed by atoms with Gasteiger partial charge in [-0.05, 0) is 15.9 Å². The molecule has 0 bridgehead atoms. The predicted octanol–water partition coefficient (Wildman–Crippen LogP) is 2.90. The van der Waals surface area contributed by atoms with E-state index in [-0.39, 0.29) is 11.9 Å². The van der Waals surface area contributed by atoms with Crippen LogP contribution in [0.5, 0.6) is 11.9 Å². The highest BCUT2D eigenvalue weighted by Gasteiger charge is 2.36. The van der Waals surface area contributed by atoms with E-state index in [2.05, 4.69) is 25.9 Å². The fourth-order valence-electron chi connectivity index (χ4n) is 2.57. The number of hydrogen-bond donors (Lipinski definition) is 0. The molecule has 2 aromatic carbocycles. The number of halogens is 1. The minimum Gasteiger partial charge on any atom is -0.480 e. The topological polar surface area (TPSA) is 61.3 Å².